The molecule has 2 unspecified atom stereocenters. The average Bonchev–Trinajstić information content (AvgIpc) is 3.16. The molecule has 2 N–H and O–H groups in total. The maximum absolute atomic E-state index is 5.42. The quantitative estimate of drug-likeness (QED) is 0.350. The molecule has 0 amide bonds. The van der Waals surface area contributed by atoms with Crippen molar-refractivity contribution in [3.8, 4) is 0 Å². The molecule has 2 fully saturated rings. The van der Waals surface area contributed by atoms with Crippen molar-refractivity contribution in [2.24, 2.45) is 10.9 Å². The van der Waals surface area contributed by atoms with Crippen LogP contribution in [0.1, 0.15) is 38.4 Å². The number of rotatable bonds is 7. The molecule has 0 aromatic carbocycles. The molecule has 2 aliphatic rings. The van der Waals surface area contributed by atoms with Crippen LogP contribution in [0.25, 0.3) is 0 Å². The van der Waals surface area contributed by atoms with Crippen LogP contribution in [0.2, 0.25) is 0 Å². The van der Waals surface area contributed by atoms with Gasteiger partial charge in [-0.1, -0.05) is 19.8 Å². The minimum Gasteiger partial charge on any atom is -0.469 e. The number of ether oxygens (including phenoxy) is 1. The van der Waals surface area contributed by atoms with Gasteiger partial charge in [0.05, 0.1) is 26.0 Å². The summed E-state index contributed by atoms with van der Waals surface area (Å²) in [7, 11) is 0. The largest absolute Gasteiger partial charge is 0.469 e. The van der Waals surface area contributed by atoms with Crippen LogP contribution in [0.3, 0.4) is 0 Å². The molecule has 27 heavy (non-hydrogen) atoms. The predicted octanol–water partition coefficient (Wildman–Crippen LogP) is 2.89. The van der Waals surface area contributed by atoms with Crippen LogP contribution in [0.5, 0.6) is 0 Å². The Morgan fingerprint density at radius 1 is 1.30 bits per heavy atom. The minimum absolute atomic E-state index is 0. The molecule has 1 aliphatic heterocycles. The highest BCUT2D eigenvalue weighted by atomic mass is 127. The summed E-state index contributed by atoms with van der Waals surface area (Å²) in [6, 6.07) is 4.50. The van der Waals surface area contributed by atoms with Crippen molar-refractivity contribution >= 4 is 29.9 Å². The van der Waals surface area contributed by atoms with Gasteiger partial charge in [-0.2, -0.15) is 0 Å². The summed E-state index contributed by atoms with van der Waals surface area (Å²) in [4.78, 5) is 7.26. The molecule has 0 radical (unpaired) electrons. The first-order chi connectivity index (χ1) is 12.8. The van der Waals surface area contributed by atoms with Crippen molar-refractivity contribution in [1.29, 1.82) is 0 Å². The second-order valence-electron chi connectivity index (χ2n) is 7.55. The zero-order chi connectivity index (χ0) is 18.0. The van der Waals surface area contributed by atoms with Crippen LogP contribution in [0.4, 0.5) is 0 Å². The number of hydrogen-bond donors (Lipinski definition) is 2. The fourth-order valence-electron chi connectivity index (χ4n) is 3.80. The fraction of sp³-hybridized carbons (Fsp3) is 0.750. The Balaban J connectivity index is 0.00000261. The van der Waals surface area contributed by atoms with Crippen molar-refractivity contribution in [3.05, 3.63) is 24.2 Å². The number of guanidine groups is 1. The van der Waals surface area contributed by atoms with Crippen molar-refractivity contribution < 1.29 is 9.15 Å². The highest BCUT2D eigenvalue weighted by Gasteiger charge is 2.19. The lowest BCUT2D eigenvalue weighted by Gasteiger charge is -2.29. The first-order valence-corrected chi connectivity index (χ1v) is 10.2. The van der Waals surface area contributed by atoms with E-state index in [1.165, 1.54) is 25.7 Å². The fourth-order valence-corrected chi connectivity index (χ4v) is 3.80. The van der Waals surface area contributed by atoms with Gasteiger partial charge in [-0.05, 0) is 30.9 Å². The Labute approximate surface area is 180 Å². The smallest absolute Gasteiger partial charge is 0.191 e. The number of nitrogens with zero attached hydrogens (tertiary/aromatic N) is 2. The van der Waals surface area contributed by atoms with Gasteiger partial charge in [-0.3, -0.25) is 9.89 Å². The Hall–Kier alpha value is -0.800. The van der Waals surface area contributed by atoms with E-state index in [1.54, 1.807) is 6.26 Å². The van der Waals surface area contributed by atoms with Gasteiger partial charge >= 0.3 is 0 Å². The summed E-state index contributed by atoms with van der Waals surface area (Å²) < 4.78 is 10.8. The number of halogens is 1. The standard InChI is InChI=1S/C20H34N4O2.HI/c1-17-4-2-5-18(16-17)23-20(21-8-7-19-6-3-13-26-19)22-9-10-24-11-14-25-15-12-24;/h3,6,13,17-18H,2,4-5,7-12,14-16H2,1H3,(H2,21,22,23);1H. The van der Waals surface area contributed by atoms with E-state index in [-0.39, 0.29) is 24.0 Å². The first-order valence-electron chi connectivity index (χ1n) is 10.2. The number of aliphatic imine (C=N–C) groups is 1. The van der Waals surface area contributed by atoms with Crippen LogP contribution in [-0.4, -0.2) is 62.8 Å². The van der Waals surface area contributed by atoms with Crippen LogP contribution in [0.15, 0.2) is 27.8 Å². The number of hydrogen-bond acceptors (Lipinski definition) is 4. The second-order valence-corrected chi connectivity index (χ2v) is 7.55. The summed E-state index contributed by atoms with van der Waals surface area (Å²) in [5.41, 5.74) is 0. The van der Waals surface area contributed by atoms with Crippen LogP contribution < -0.4 is 10.6 Å². The zero-order valence-electron chi connectivity index (χ0n) is 16.5. The topological polar surface area (TPSA) is 62.0 Å². The van der Waals surface area contributed by atoms with Crippen molar-refractivity contribution in [3.63, 3.8) is 0 Å². The summed E-state index contributed by atoms with van der Waals surface area (Å²) in [5.74, 6) is 2.76. The lowest BCUT2D eigenvalue weighted by atomic mass is 9.87. The molecule has 2 atom stereocenters. The number of morpholine rings is 1. The monoisotopic (exact) mass is 490 g/mol. The van der Waals surface area contributed by atoms with Crippen molar-refractivity contribution in [1.82, 2.24) is 15.5 Å². The van der Waals surface area contributed by atoms with E-state index in [1.807, 2.05) is 12.1 Å². The summed E-state index contributed by atoms with van der Waals surface area (Å²) >= 11 is 0. The van der Waals surface area contributed by atoms with E-state index in [9.17, 15) is 0 Å². The number of nitrogens with one attached hydrogen (secondary N) is 2. The molecule has 1 aliphatic carbocycles. The van der Waals surface area contributed by atoms with E-state index in [0.29, 0.717) is 6.04 Å². The molecule has 1 saturated carbocycles. The maximum atomic E-state index is 5.42. The van der Waals surface area contributed by atoms with Crippen LogP contribution in [-0.2, 0) is 11.2 Å². The van der Waals surface area contributed by atoms with Crippen LogP contribution >= 0.6 is 24.0 Å². The molecule has 6 nitrogen and oxygen atoms in total. The van der Waals surface area contributed by atoms with E-state index < -0.39 is 0 Å². The van der Waals surface area contributed by atoms with E-state index in [2.05, 4.69) is 22.5 Å². The molecule has 3 rings (SSSR count). The Morgan fingerprint density at radius 2 is 2.15 bits per heavy atom. The van der Waals surface area contributed by atoms with Gasteiger partial charge in [0.15, 0.2) is 5.96 Å². The zero-order valence-corrected chi connectivity index (χ0v) is 18.8. The third kappa shape index (κ3) is 8.39. The number of furan rings is 1. The third-order valence-electron chi connectivity index (χ3n) is 5.31. The molecule has 154 valence electrons. The molecular weight excluding hydrogens is 455 g/mol. The van der Waals surface area contributed by atoms with Gasteiger partial charge in [0, 0.05) is 38.6 Å². The van der Waals surface area contributed by atoms with E-state index >= 15 is 0 Å². The molecule has 1 aromatic rings. The highest BCUT2D eigenvalue weighted by Crippen LogP contribution is 2.23. The van der Waals surface area contributed by atoms with Gasteiger partial charge < -0.3 is 19.8 Å². The van der Waals surface area contributed by atoms with Crippen molar-refractivity contribution in [2.75, 3.05) is 45.9 Å². The van der Waals surface area contributed by atoms with E-state index in [4.69, 9.17) is 14.1 Å². The molecule has 7 heteroatoms. The highest BCUT2D eigenvalue weighted by molar-refractivity contribution is 14.0. The SMILES string of the molecule is CC1CCCC(NC(=NCCN2CCOCC2)NCCc2ccco2)C1.I. The van der Waals surface area contributed by atoms with Gasteiger partial charge in [-0.25, -0.2) is 0 Å². The summed E-state index contributed by atoms with van der Waals surface area (Å²) in [6.45, 7) is 8.72. The summed E-state index contributed by atoms with van der Waals surface area (Å²) in [6.07, 6.45) is 7.75. The molecule has 1 saturated heterocycles. The minimum atomic E-state index is 0. The van der Waals surface area contributed by atoms with Gasteiger partial charge in [0.2, 0.25) is 0 Å². The Kier molecular flexibility index (Phi) is 10.5. The first kappa shape index (κ1) is 22.5. The van der Waals surface area contributed by atoms with Crippen molar-refractivity contribution in [2.45, 2.75) is 45.1 Å². The average molecular weight is 490 g/mol. The lowest BCUT2D eigenvalue weighted by molar-refractivity contribution is 0.0394. The van der Waals surface area contributed by atoms with Gasteiger partial charge in [0.1, 0.15) is 5.76 Å². The maximum Gasteiger partial charge on any atom is 0.191 e. The van der Waals surface area contributed by atoms with Gasteiger partial charge in [0.25, 0.3) is 0 Å². The molecule has 0 spiro atoms. The predicted molar refractivity (Wildman–Crippen MR) is 120 cm³/mol. The summed E-state index contributed by atoms with van der Waals surface area (Å²) in [5, 5.41) is 7.16. The normalized spacial score (nSPS) is 24.3. The van der Waals surface area contributed by atoms with Crippen LogP contribution in [0, 0.1) is 5.92 Å². The lowest BCUT2D eigenvalue weighted by Crippen LogP contribution is -2.46. The molecule has 1 aromatic heterocycles. The Bertz CT molecular complexity index is 532. The molecular formula is C20H35IN4O2. The second kappa shape index (κ2) is 12.6. The van der Waals surface area contributed by atoms with Gasteiger partial charge in [-0.15, -0.1) is 24.0 Å². The molecule has 2 heterocycles. The third-order valence-corrected chi connectivity index (χ3v) is 5.31. The van der Waals surface area contributed by atoms with E-state index in [0.717, 1.165) is 70.0 Å². The molecule has 0 bridgehead atoms. The Morgan fingerprint density at radius 3 is 2.89 bits per heavy atom.